The molecule has 0 spiro atoms. The molecule has 0 unspecified atom stereocenters. The summed E-state index contributed by atoms with van der Waals surface area (Å²) in [5.74, 6) is -0.296. The van der Waals surface area contributed by atoms with E-state index in [1.807, 2.05) is 0 Å². The second-order valence-corrected chi connectivity index (χ2v) is 9.29. The van der Waals surface area contributed by atoms with Crippen molar-refractivity contribution in [2.75, 3.05) is 11.8 Å². The molecule has 0 saturated carbocycles. The third kappa shape index (κ3) is 5.62. The summed E-state index contributed by atoms with van der Waals surface area (Å²) in [5, 5.41) is 2.92. The summed E-state index contributed by atoms with van der Waals surface area (Å²) in [4.78, 5) is 16.7. The van der Waals surface area contributed by atoms with Crippen LogP contribution < -0.4 is 19.8 Å². The molecule has 168 valence electrons. The van der Waals surface area contributed by atoms with E-state index in [2.05, 4.69) is 14.4 Å². The molecule has 0 saturated heterocycles. The minimum absolute atomic E-state index is 0. The predicted molar refractivity (Wildman–Crippen MR) is 127 cm³/mol. The van der Waals surface area contributed by atoms with Crippen molar-refractivity contribution < 1.29 is 22.0 Å². The first kappa shape index (κ1) is 25.3. The van der Waals surface area contributed by atoms with Crippen molar-refractivity contribution in [3.63, 3.8) is 0 Å². The number of aryl methyl sites for hydroxylation is 1. The maximum atomic E-state index is 14.9. The summed E-state index contributed by atoms with van der Waals surface area (Å²) in [6.45, 7) is 1.75. The first-order valence-electron chi connectivity index (χ1n) is 9.40. The van der Waals surface area contributed by atoms with E-state index in [1.54, 1.807) is 36.7 Å². The molecule has 4 aromatic rings. The summed E-state index contributed by atoms with van der Waals surface area (Å²) >= 11 is 1.33. The van der Waals surface area contributed by atoms with Gasteiger partial charge in [-0.25, -0.2) is 18.9 Å². The predicted octanol–water partition coefficient (Wildman–Crippen LogP) is 3.31. The zero-order valence-corrected chi connectivity index (χ0v) is 18.6. The Balaban J connectivity index is 0.00000306. The number of nitrogens with zero attached hydrogens (tertiary/aromatic N) is 1. The molecular formula is C21H19FN3NaO5S2. The van der Waals surface area contributed by atoms with Gasteiger partial charge in [0.15, 0.2) is 5.82 Å². The molecule has 2 heterocycles. The number of nitrogens with one attached hydrogen (secondary N) is 2. The molecule has 0 bridgehead atoms. The van der Waals surface area contributed by atoms with E-state index < -0.39 is 21.7 Å². The Morgan fingerprint density at radius 2 is 2.03 bits per heavy atom. The molecule has 0 radical (unpaired) electrons. The Bertz CT molecular complexity index is 1460. The van der Waals surface area contributed by atoms with Crippen LogP contribution in [-0.4, -0.2) is 50.0 Å². The van der Waals surface area contributed by atoms with Gasteiger partial charge in [-0.3, -0.25) is 4.72 Å². The van der Waals surface area contributed by atoms with Crippen LogP contribution in [0.2, 0.25) is 0 Å². The summed E-state index contributed by atoms with van der Waals surface area (Å²) in [6, 6.07) is 9.38. The van der Waals surface area contributed by atoms with E-state index in [9.17, 15) is 17.6 Å². The monoisotopic (exact) mass is 499 g/mol. The number of anilines is 1. The zero-order valence-electron chi connectivity index (χ0n) is 17.0. The van der Waals surface area contributed by atoms with Crippen LogP contribution in [-0.2, 0) is 16.6 Å². The van der Waals surface area contributed by atoms with E-state index in [0.717, 1.165) is 0 Å². The van der Waals surface area contributed by atoms with Crippen LogP contribution >= 0.6 is 11.3 Å². The van der Waals surface area contributed by atoms with Crippen LogP contribution in [0.5, 0.6) is 10.9 Å². The van der Waals surface area contributed by atoms with Gasteiger partial charge >= 0.3 is 35.2 Å². The van der Waals surface area contributed by atoms with Crippen molar-refractivity contribution in [2.24, 2.45) is 0 Å². The van der Waals surface area contributed by atoms with Crippen LogP contribution in [0.1, 0.15) is 16.7 Å². The molecule has 33 heavy (non-hydrogen) atoms. The van der Waals surface area contributed by atoms with Crippen molar-refractivity contribution >= 4 is 67.8 Å². The van der Waals surface area contributed by atoms with Gasteiger partial charge in [0, 0.05) is 42.1 Å². The molecule has 8 nitrogen and oxygen atoms in total. The van der Waals surface area contributed by atoms with Gasteiger partial charge in [-0.05, 0) is 36.2 Å². The molecule has 0 aliphatic rings. The van der Waals surface area contributed by atoms with E-state index in [-0.39, 0.29) is 52.8 Å². The first-order chi connectivity index (χ1) is 15.3. The normalized spacial score (nSPS) is 11.2. The summed E-state index contributed by atoms with van der Waals surface area (Å²) in [7, 11) is -2.68. The third-order valence-electron chi connectivity index (χ3n) is 4.83. The van der Waals surface area contributed by atoms with Crippen molar-refractivity contribution in [1.82, 2.24) is 9.71 Å². The number of aromatic nitrogens is 1. The molecule has 2 aromatic heterocycles. The van der Waals surface area contributed by atoms with Crippen LogP contribution in [0.4, 0.5) is 10.1 Å². The topological polar surface area (TPSA) is 111 Å². The molecule has 0 atom stereocenters. The Labute approximate surface area is 215 Å². The molecule has 0 amide bonds. The van der Waals surface area contributed by atoms with E-state index in [4.69, 9.17) is 9.15 Å². The van der Waals surface area contributed by atoms with Crippen LogP contribution in [0, 0.1) is 12.7 Å². The van der Waals surface area contributed by atoms with E-state index in [0.29, 0.717) is 27.5 Å². The summed E-state index contributed by atoms with van der Waals surface area (Å²) in [6.07, 6.45) is 1.55. The molecule has 0 aliphatic heterocycles. The van der Waals surface area contributed by atoms with Gasteiger partial charge in [-0.15, -0.1) is 0 Å². The van der Waals surface area contributed by atoms with Crippen LogP contribution in [0.3, 0.4) is 0 Å². The van der Waals surface area contributed by atoms with E-state index >= 15 is 0 Å². The van der Waals surface area contributed by atoms with Gasteiger partial charge < -0.3 is 9.15 Å². The fraction of sp³-hybridized carbons (Fsp3) is 0.143. The number of benzene rings is 2. The number of thiazole rings is 1. The summed E-state index contributed by atoms with van der Waals surface area (Å²) < 4.78 is 53.6. The fourth-order valence-electron chi connectivity index (χ4n) is 3.19. The van der Waals surface area contributed by atoms with Gasteiger partial charge in [0.05, 0.1) is 5.69 Å². The zero-order chi connectivity index (χ0) is 22.9. The molecular weight excluding hydrogens is 480 g/mol. The number of ether oxygens (including phenoxy) is 1. The third-order valence-corrected chi connectivity index (χ3v) is 6.51. The van der Waals surface area contributed by atoms with E-state index in [1.165, 1.54) is 36.6 Å². The van der Waals surface area contributed by atoms with Crippen molar-refractivity contribution in [2.45, 2.75) is 13.3 Å². The Morgan fingerprint density at radius 1 is 1.24 bits per heavy atom. The molecule has 2 aromatic carbocycles. The average Bonchev–Trinajstić information content (AvgIpc) is 3.26. The van der Waals surface area contributed by atoms with Gasteiger partial charge in [0.25, 0.3) is 15.4 Å². The summed E-state index contributed by atoms with van der Waals surface area (Å²) in [5.41, 5.74) is 0.572. The first-order valence-corrected chi connectivity index (χ1v) is 11.8. The standard InChI is InChI=1S/C21H18FN3O5S2.Na.H/c1-12-15-7-6-14(29-21-24-8-9-31-21)11-18(15)30-20(26)16(12)10-13-4-3-5-17(19(13)22)25-32(27,28)23-2;;/h3-9,11,23,25H,10H2,1-2H3;;. The Kier molecular flexibility index (Phi) is 7.93. The van der Waals surface area contributed by atoms with Crippen molar-refractivity contribution in [1.29, 1.82) is 0 Å². The van der Waals surface area contributed by atoms with Crippen molar-refractivity contribution in [3.05, 3.63) is 80.9 Å². The second kappa shape index (κ2) is 10.3. The SMILES string of the molecule is CNS(=O)(=O)Nc1cccc(Cc2c(C)c3ccc(Oc4nccs4)cc3oc2=O)c1F.[NaH]. The molecule has 2 N–H and O–H groups in total. The second-order valence-electron chi connectivity index (χ2n) is 6.82. The van der Waals surface area contributed by atoms with Crippen molar-refractivity contribution in [3.8, 4) is 10.9 Å². The number of hydrogen-bond acceptors (Lipinski definition) is 7. The average molecular weight is 500 g/mol. The Morgan fingerprint density at radius 3 is 2.73 bits per heavy atom. The molecule has 12 heteroatoms. The van der Waals surface area contributed by atoms with Gasteiger partial charge in [-0.2, -0.15) is 8.42 Å². The molecule has 0 fully saturated rings. The van der Waals surface area contributed by atoms with Crippen LogP contribution in [0.15, 0.2) is 57.2 Å². The molecule has 0 aliphatic carbocycles. The molecule has 4 rings (SSSR count). The Hall–Kier alpha value is -2.28. The minimum atomic E-state index is -3.89. The number of rotatable bonds is 7. The quantitative estimate of drug-likeness (QED) is 0.298. The van der Waals surface area contributed by atoms with Gasteiger partial charge in [0.1, 0.15) is 11.3 Å². The number of halogens is 1. The fourth-order valence-corrected chi connectivity index (χ4v) is 4.24. The van der Waals surface area contributed by atoms with Gasteiger partial charge in [-0.1, -0.05) is 23.5 Å². The number of fused-ring (bicyclic) bond motifs is 1. The maximum absolute atomic E-state index is 14.9. The van der Waals surface area contributed by atoms with Crippen LogP contribution in [0.25, 0.3) is 11.0 Å². The van der Waals surface area contributed by atoms with Gasteiger partial charge in [0.2, 0.25) is 0 Å². The number of hydrogen-bond donors (Lipinski definition) is 2.